The van der Waals surface area contributed by atoms with Gasteiger partial charge in [0, 0.05) is 0 Å². The van der Waals surface area contributed by atoms with E-state index in [-0.39, 0.29) is 0 Å². The van der Waals surface area contributed by atoms with Gasteiger partial charge in [0.25, 0.3) is 11.8 Å². The Kier molecular flexibility index (Phi) is 6.83. The molecule has 0 N–H and O–H groups in total. The van der Waals surface area contributed by atoms with Crippen molar-refractivity contribution in [2.45, 2.75) is 40.0 Å². The van der Waals surface area contributed by atoms with E-state index in [9.17, 15) is 0 Å². The quantitative estimate of drug-likeness (QED) is 0.674. The van der Waals surface area contributed by atoms with Gasteiger partial charge in [-0.1, -0.05) is 31.0 Å². The first-order valence-electron chi connectivity index (χ1n) is 6.45. The second kappa shape index (κ2) is 8.49. The summed E-state index contributed by atoms with van der Waals surface area (Å²) in [5.74, 6) is 1.16. The molecule has 6 heteroatoms. The molecule has 0 saturated heterocycles. The highest BCUT2D eigenvalue weighted by Gasteiger charge is 2.16. The van der Waals surface area contributed by atoms with Gasteiger partial charge < -0.3 is 14.2 Å². The summed E-state index contributed by atoms with van der Waals surface area (Å²) in [5, 5.41) is 11.3. The zero-order valence-electron chi connectivity index (χ0n) is 11.3. The first-order chi connectivity index (χ1) is 8.83. The fraction of sp³-hybridized carbons (Fsp3) is 0.750. The van der Waals surface area contributed by atoms with Gasteiger partial charge in [-0.25, -0.2) is 0 Å². The van der Waals surface area contributed by atoms with Crippen molar-refractivity contribution in [3.05, 3.63) is 0 Å². The molecule has 1 rings (SSSR count). The van der Waals surface area contributed by atoms with Gasteiger partial charge in [-0.2, -0.15) is 0 Å². The lowest BCUT2D eigenvalue weighted by Gasteiger charge is -2.12. The van der Waals surface area contributed by atoms with Crippen molar-refractivity contribution < 1.29 is 14.2 Å². The molecule has 0 amide bonds. The van der Waals surface area contributed by atoms with Crippen LogP contribution in [0.25, 0.3) is 0 Å². The fourth-order valence-corrected chi connectivity index (χ4v) is 1.20. The van der Waals surface area contributed by atoms with Crippen LogP contribution >= 0.6 is 0 Å². The normalized spacial score (nSPS) is 10.2. The van der Waals surface area contributed by atoms with E-state index in [1.807, 2.05) is 20.8 Å². The van der Waals surface area contributed by atoms with Gasteiger partial charge in [-0.15, -0.1) is 0 Å². The van der Waals surface area contributed by atoms with Crippen LogP contribution in [0.4, 0.5) is 0 Å². The van der Waals surface area contributed by atoms with Crippen LogP contribution in [0.3, 0.4) is 0 Å². The predicted octanol–water partition coefficient (Wildman–Crippen LogP) is 2.24. The van der Waals surface area contributed by atoms with Gasteiger partial charge in [0.1, 0.15) is 0 Å². The van der Waals surface area contributed by atoms with Crippen LogP contribution in [0.2, 0.25) is 0 Å². The van der Waals surface area contributed by atoms with E-state index in [1.165, 1.54) is 0 Å². The third kappa shape index (κ3) is 4.35. The molecule has 0 fully saturated rings. The Labute approximate surface area is 108 Å². The van der Waals surface area contributed by atoms with Crippen molar-refractivity contribution in [3.8, 4) is 17.5 Å². The molecule has 1 aromatic rings. The second-order valence-electron chi connectivity index (χ2n) is 3.77. The molecule has 18 heavy (non-hydrogen) atoms. The lowest BCUT2D eigenvalue weighted by Crippen LogP contribution is -2.09. The summed E-state index contributed by atoms with van der Waals surface area (Å²) in [7, 11) is 0. The van der Waals surface area contributed by atoms with E-state index in [4.69, 9.17) is 14.2 Å². The minimum Gasteiger partial charge on any atom is -0.484 e. The summed E-state index contributed by atoms with van der Waals surface area (Å²) < 4.78 is 16.6. The molecule has 1 heterocycles. The van der Waals surface area contributed by atoms with Gasteiger partial charge >= 0.3 is 0 Å². The highest BCUT2D eigenvalue weighted by Crippen LogP contribution is 2.32. The molecule has 0 aliphatic rings. The average Bonchev–Trinajstić information content (AvgIpc) is 2.41. The molecule has 6 nitrogen and oxygen atoms in total. The van der Waals surface area contributed by atoms with Crippen molar-refractivity contribution in [2.24, 2.45) is 0 Å². The number of hydrogen-bond donors (Lipinski definition) is 0. The molecule has 0 aromatic carbocycles. The van der Waals surface area contributed by atoms with Gasteiger partial charge in [0.2, 0.25) is 5.75 Å². The van der Waals surface area contributed by atoms with Crippen LogP contribution in [-0.4, -0.2) is 35.2 Å². The van der Waals surface area contributed by atoms with Crippen LogP contribution in [-0.2, 0) is 0 Å². The van der Waals surface area contributed by atoms with Crippen molar-refractivity contribution in [1.82, 2.24) is 15.4 Å². The highest BCUT2D eigenvalue weighted by atomic mass is 16.5. The number of rotatable bonds is 9. The lowest BCUT2D eigenvalue weighted by molar-refractivity contribution is 0.223. The maximum atomic E-state index is 5.60. The van der Waals surface area contributed by atoms with Crippen LogP contribution < -0.4 is 14.2 Å². The summed E-state index contributed by atoms with van der Waals surface area (Å²) in [6.45, 7) is 7.77. The van der Waals surface area contributed by atoms with E-state index in [1.54, 1.807) is 0 Å². The largest absolute Gasteiger partial charge is 0.484 e. The summed E-state index contributed by atoms with van der Waals surface area (Å²) >= 11 is 0. The van der Waals surface area contributed by atoms with E-state index in [0.29, 0.717) is 37.3 Å². The number of nitrogens with zero attached hydrogens (tertiary/aromatic N) is 3. The summed E-state index contributed by atoms with van der Waals surface area (Å²) in [6.07, 6.45) is 2.67. The predicted molar refractivity (Wildman–Crippen MR) is 67.2 cm³/mol. The zero-order chi connectivity index (χ0) is 13.2. The van der Waals surface area contributed by atoms with Crippen LogP contribution in [0.1, 0.15) is 40.0 Å². The number of ether oxygens (including phenoxy) is 3. The third-order valence-corrected chi connectivity index (χ3v) is 2.00. The first kappa shape index (κ1) is 14.5. The summed E-state index contributed by atoms with van der Waals surface area (Å²) in [4.78, 5) is 0. The third-order valence-electron chi connectivity index (χ3n) is 2.00. The average molecular weight is 255 g/mol. The lowest BCUT2D eigenvalue weighted by atomic mass is 10.5. The van der Waals surface area contributed by atoms with E-state index >= 15 is 0 Å². The SMILES string of the molecule is CCCOc1nnnc(OCCC)c1OCCC. The molecular weight excluding hydrogens is 234 g/mol. The maximum Gasteiger partial charge on any atom is 0.284 e. The van der Waals surface area contributed by atoms with E-state index in [0.717, 1.165) is 19.3 Å². The van der Waals surface area contributed by atoms with Crippen molar-refractivity contribution in [2.75, 3.05) is 19.8 Å². The fourth-order valence-electron chi connectivity index (χ4n) is 1.20. The van der Waals surface area contributed by atoms with Gasteiger partial charge in [0.05, 0.1) is 19.8 Å². The van der Waals surface area contributed by atoms with Crippen LogP contribution in [0.5, 0.6) is 17.5 Å². The van der Waals surface area contributed by atoms with Gasteiger partial charge in [-0.05, 0) is 24.5 Å². The topological polar surface area (TPSA) is 66.4 Å². The Morgan fingerprint density at radius 1 is 0.722 bits per heavy atom. The van der Waals surface area contributed by atoms with Crippen molar-refractivity contribution in [3.63, 3.8) is 0 Å². The smallest absolute Gasteiger partial charge is 0.284 e. The number of aromatic nitrogens is 3. The highest BCUT2D eigenvalue weighted by molar-refractivity contribution is 5.40. The molecule has 0 aliphatic heterocycles. The van der Waals surface area contributed by atoms with Crippen LogP contribution in [0, 0.1) is 0 Å². The molecular formula is C12H21N3O3. The Balaban J connectivity index is 2.85. The molecule has 0 radical (unpaired) electrons. The molecule has 0 saturated carbocycles. The van der Waals surface area contributed by atoms with E-state index < -0.39 is 0 Å². The van der Waals surface area contributed by atoms with Gasteiger partial charge in [-0.3, -0.25) is 0 Å². The van der Waals surface area contributed by atoms with Crippen molar-refractivity contribution in [1.29, 1.82) is 0 Å². The molecule has 0 atom stereocenters. The second-order valence-corrected chi connectivity index (χ2v) is 3.77. The Bertz CT molecular complexity index is 321. The van der Waals surface area contributed by atoms with Crippen molar-refractivity contribution >= 4 is 0 Å². The van der Waals surface area contributed by atoms with E-state index in [2.05, 4.69) is 15.4 Å². The minimum atomic E-state index is 0.353. The maximum absolute atomic E-state index is 5.60. The molecule has 0 bridgehead atoms. The Morgan fingerprint density at radius 3 is 1.61 bits per heavy atom. The monoisotopic (exact) mass is 255 g/mol. The van der Waals surface area contributed by atoms with Crippen LogP contribution in [0.15, 0.2) is 0 Å². The first-order valence-corrected chi connectivity index (χ1v) is 6.45. The molecule has 1 aromatic heterocycles. The van der Waals surface area contributed by atoms with Gasteiger partial charge in [0.15, 0.2) is 0 Å². The zero-order valence-corrected chi connectivity index (χ0v) is 11.3. The minimum absolute atomic E-state index is 0.353. The molecule has 0 aliphatic carbocycles. The summed E-state index contributed by atoms with van der Waals surface area (Å²) in [5.41, 5.74) is 0. The molecule has 0 unspecified atom stereocenters. The molecule has 0 spiro atoms. The standard InChI is InChI=1S/C12H21N3O3/c1-4-7-16-10-11(17-8-5-2)13-15-14-12(10)18-9-6-3/h4-9H2,1-3H3. The summed E-state index contributed by atoms with van der Waals surface area (Å²) in [6, 6.07) is 0. The molecule has 102 valence electrons. The number of hydrogen-bond acceptors (Lipinski definition) is 6. The Hall–Kier alpha value is -1.59. The Morgan fingerprint density at radius 2 is 1.17 bits per heavy atom.